The summed E-state index contributed by atoms with van der Waals surface area (Å²) >= 11 is 0. The van der Waals surface area contributed by atoms with Gasteiger partial charge in [-0.05, 0) is 43.5 Å². The summed E-state index contributed by atoms with van der Waals surface area (Å²) in [6, 6.07) is 6.05. The molecule has 1 aliphatic rings. The van der Waals surface area contributed by atoms with E-state index >= 15 is 0 Å². The van der Waals surface area contributed by atoms with Gasteiger partial charge in [-0.1, -0.05) is 0 Å². The lowest BCUT2D eigenvalue weighted by atomic mass is 10.1. The van der Waals surface area contributed by atoms with Gasteiger partial charge in [-0.2, -0.15) is 0 Å². The molecule has 1 unspecified atom stereocenters. The van der Waals surface area contributed by atoms with Gasteiger partial charge in [0.1, 0.15) is 12.4 Å². The van der Waals surface area contributed by atoms with Gasteiger partial charge in [0.2, 0.25) is 0 Å². The van der Waals surface area contributed by atoms with Crippen LogP contribution in [0.5, 0.6) is 5.75 Å². The summed E-state index contributed by atoms with van der Waals surface area (Å²) in [6.07, 6.45) is 3.42. The van der Waals surface area contributed by atoms with E-state index in [1.807, 2.05) is 0 Å². The van der Waals surface area contributed by atoms with E-state index in [-0.39, 0.29) is 11.0 Å². The quantitative estimate of drug-likeness (QED) is 0.800. The minimum absolute atomic E-state index is 0.0745. The summed E-state index contributed by atoms with van der Waals surface area (Å²) in [4.78, 5) is 0.0745. The Kier molecular flexibility index (Phi) is 4.48. The van der Waals surface area contributed by atoms with Gasteiger partial charge in [-0.3, -0.25) is 0 Å². The monoisotopic (exact) mass is 290 g/mol. The molecule has 1 saturated heterocycles. The molecule has 1 aliphatic heterocycles. The van der Waals surface area contributed by atoms with E-state index in [4.69, 9.17) is 20.2 Å². The molecule has 1 atom stereocenters. The zero-order chi connectivity index (χ0) is 13.0. The molecule has 1 aromatic rings. The Balaban J connectivity index is 1.90. The second-order valence-corrected chi connectivity index (χ2v) is 6.77. The highest BCUT2D eigenvalue weighted by atomic mass is 35.7. The number of ether oxygens (including phenoxy) is 2. The van der Waals surface area contributed by atoms with Crippen LogP contribution in [-0.2, 0) is 13.8 Å². The Morgan fingerprint density at radius 1 is 1.28 bits per heavy atom. The van der Waals surface area contributed by atoms with Crippen LogP contribution in [0, 0.1) is 0 Å². The van der Waals surface area contributed by atoms with Crippen LogP contribution in [0.3, 0.4) is 0 Å². The van der Waals surface area contributed by atoms with Gasteiger partial charge in [-0.25, -0.2) is 8.42 Å². The molecule has 1 fully saturated rings. The predicted octanol–water partition coefficient (Wildman–Crippen LogP) is 2.56. The molecule has 0 spiro atoms. The molecule has 4 nitrogen and oxygen atoms in total. The van der Waals surface area contributed by atoms with Crippen molar-refractivity contribution in [3.8, 4) is 5.75 Å². The fourth-order valence-corrected chi connectivity index (χ4v) is 2.60. The fourth-order valence-electron chi connectivity index (χ4n) is 1.83. The van der Waals surface area contributed by atoms with E-state index in [0.717, 1.165) is 25.9 Å². The minimum atomic E-state index is -3.66. The summed E-state index contributed by atoms with van der Waals surface area (Å²) in [6.45, 7) is 1.28. The van der Waals surface area contributed by atoms with E-state index in [0.29, 0.717) is 12.4 Å². The van der Waals surface area contributed by atoms with E-state index in [2.05, 4.69) is 0 Å². The third kappa shape index (κ3) is 3.86. The van der Waals surface area contributed by atoms with E-state index in [9.17, 15) is 8.42 Å². The van der Waals surface area contributed by atoms with Crippen LogP contribution >= 0.6 is 10.7 Å². The maximum absolute atomic E-state index is 11.1. The van der Waals surface area contributed by atoms with Crippen molar-refractivity contribution in [3.63, 3.8) is 0 Å². The fraction of sp³-hybridized carbons (Fsp3) is 0.500. The molecule has 0 radical (unpaired) electrons. The average molecular weight is 291 g/mol. The summed E-state index contributed by atoms with van der Waals surface area (Å²) in [5.74, 6) is 0.619. The summed E-state index contributed by atoms with van der Waals surface area (Å²) in [5, 5.41) is 0. The second kappa shape index (κ2) is 5.91. The van der Waals surface area contributed by atoms with Crippen molar-refractivity contribution in [1.82, 2.24) is 0 Å². The van der Waals surface area contributed by atoms with Crippen molar-refractivity contribution in [2.45, 2.75) is 30.3 Å². The van der Waals surface area contributed by atoms with Gasteiger partial charge < -0.3 is 9.47 Å². The Labute approximate surface area is 111 Å². The van der Waals surface area contributed by atoms with Crippen molar-refractivity contribution in [2.24, 2.45) is 0 Å². The van der Waals surface area contributed by atoms with Gasteiger partial charge in [-0.15, -0.1) is 0 Å². The van der Waals surface area contributed by atoms with E-state index in [1.54, 1.807) is 12.1 Å². The maximum Gasteiger partial charge on any atom is 0.261 e. The normalized spacial score (nSPS) is 20.6. The molecule has 0 N–H and O–H groups in total. The summed E-state index contributed by atoms with van der Waals surface area (Å²) < 4.78 is 33.2. The zero-order valence-electron chi connectivity index (χ0n) is 9.84. The minimum Gasteiger partial charge on any atom is -0.491 e. The molecule has 100 valence electrons. The highest BCUT2D eigenvalue weighted by Crippen LogP contribution is 2.20. The lowest BCUT2D eigenvalue weighted by Gasteiger charge is -2.22. The van der Waals surface area contributed by atoms with Crippen LogP contribution in [0.25, 0.3) is 0 Å². The first kappa shape index (κ1) is 13.6. The Morgan fingerprint density at radius 3 is 2.56 bits per heavy atom. The first-order valence-corrected chi connectivity index (χ1v) is 8.16. The Morgan fingerprint density at radius 2 is 2.00 bits per heavy atom. The predicted molar refractivity (Wildman–Crippen MR) is 68.6 cm³/mol. The third-order valence-corrected chi connectivity index (χ3v) is 4.18. The van der Waals surface area contributed by atoms with Crippen LogP contribution in [0.4, 0.5) is 0 Å². The third-order valence-electron chi connectivity index (χ3n) is 2.82. The number of hydrogen-bond acceptors (Lipinski definition) is 4. The highest BCUT2D eigenvalue weighted by molar-refractivity contribution is 8.13. The van der Waals surface area contributed by atoms with Crippen molar-refractivity contribution < 1.29 is 17.9 Å². The Hall–Kier alpha value is -0.780. The second-order valence-electron chi connectivity index (χ2n) is 4.21. The first-order chi connectivity index (χ1) is 8.55. The smallest absolute Gasteiger partial charge is 0.261 e. The van der Waals surface area contributed by atoms with Gasteiger partial charge in [0.25, 0.3) is 9.05 Å². The lowest BCUT2D eigenvalue weighted by Crippen LogP contribution is -2.25. The summed E-state index contributed by atoms with van der Waals surface area (Å²) in [7, 11) is 1.56. The van der Waals surface area contributed by atoms with Crippen molar-refractivity contribution >= 4 is 19.7 Å². The van der Waals surface area contributed by atoms with Crippen LogP contribution in [-0.4, -0.2) is 27.7 Å². The number of halogens is 1. The van der Waals surface area contributed by atoms with Crippen LogP contribution in [0.2, 0.25) is 0 Å². The van der Waals surface area contributed by atoms with Gasteiger partial charge >= 0.3 is 0 Å². The van der Waals surface area contributed by atoms with E-state index < -0.39 is 9.05 Å². The SMILES string of the molecule is O=S(=O)(Cl)c1ccc(OCC2CCCCO2)cc1. The Bertz CT molecular complexity index is 477. The molecule has 1 heterocycles. The lowest BCUT2D eigenvalue weighted by molar-refractivity contribution is -0.0110. The largest absolute Gasteiger partial charge is 0.491 e. The van der Waals surface area contributed by atoms with Gasteiger partial charge in [0.15, 0.2) is 0 Å². The van der Waals surface area contributed by atoms with Crippen LogP contribution in [0.15, 0.2) is 29.2 Å². The molecule has 1 aromatic carbocycles. The van der Waals surface area contributed by atoms with Crippen LogP contribution in [0.1, 0.15) is 19.3 Å². The maximum atomic E-state index is 11.1. The van der Waals surface area contributed by atoms with Crippen molar-refractivity contribution in [2.75, 3.05) is 13.2 Å². The molecular formula is C12H15ClO4S. The topological polar surface area (TPSA) is 52.6 Å². The van der Waals surface area contributed by atoms with Gasteiger partial charge in [0.05, 0.1) is 11.0 Å². The molecule has 18 heavy (non-hydrogen) atoms. The molecule has 0 aliphatic carbocycles. The molecule has 2 rings (SSSR count). The first-order valence-electron chi connectivity index (χ1n) is 5.85. The van der Waals surface area contributed by atoms with E-state index in [1.165, 1.54) is 12.1 Å². The summed E-state index contributed by atoms with van der Waals surface area (Å²) in [5.41, 5.74) is 0. The zero-order valence-corrected chi connectivity index (χ0v) is 11.4. The molecule has 0 bridgehead atoms. The standard InChI is InChI=1S/C12H15ClO4S/c13-18(14,15)12-6-4-10(5-7-12)17-9-11-3-1-2-8-16-11/h4-7,11H,1-3,8-9H2. The average Bonchev–Trinajstić information content (AvgIpc) is 2.37. The van der Waals surface area contributed by atoms with Gasteiger partial charge in [0, 0.05) is 17.3 Å². The molecule has 0 saturated carbocycles. The van der Waals surface area contributed by atoms with Crippen molar-refractivity contribution in [3.05, 3.63) is 24.3 Å². The number of hydrogen-bond donors (Lipinski definition) is 0. The number of benzene rings is 1. The molecule has 0 amide bonds. The molecule has 0 aromatic heterocycles. The molecule has 6 heteroatoms. The highest BCUT2D eigenvalue weighted by Gasteiger charge is 2.14. The van der Waals surface area contributed by atoms with Crippen molar-refractivity contribution in [1.29, 1.82) is 0 Å². The number of rotatable bonds is 4. The van der Waals surface area contributed by atoms with Crippen LogP contribution < -0.4 is 4.74 Å². The molecular weight excluding hydrogens is 276 g/mol.